The number of pyridine rings is 1. The largest absolute Gasteiger partial charge is 0.372 e. The Bertz CT molecular complexity index is 1440. The highest BCUT2D eigenvalue weighted by atomic mass is 32.1. The molecular formula is C31H34FN5S. The predicted octanol–water partition coefficient (Wildman–Crippen LogP) is 6.96. The van der Waals surface area contributed by atoms with Gasteiger partial charge in [-0.3, -0.25) is 4.98 Å². The molecule has 5 nitrogen and oxygen atoms in total. The van der Waals surface area contributed by atoms with E-state index >= 15 is 0 Å². The molecule has 0 amide bonds. The first kappa shape index (κ1) is 25.9. The Balaban J connectivity index is 1.62. The zero-order valence-corrected chi connectivity index (χ0v) is 23.4. The molecule has 1 aliphatic rings. The number of aryl methyl sites for hydroxylation is 2. The fourth-order valence-corrected chi connectivity index (χ4v) is 5.96. The first-order valence-corrected chi connectivity index (χ1v) is 13.6. The van der Waals surface area contributed by atoms with Gasteiger partial charge >= 0.3 is 0 Å². The van der Waals surface area contributed by atoms with Crippen molar-refractivity contribution in [2.75, 3.05) is 22.9 Å². The van der Waals surface area contributed by atoms with Gasteiger partial charge in [0.2, 0.25) is 0 Å². The molecule has 0 spiro atoms. The van der Waals surface area contributed by atoms with Crippen LogP contribution in [0.1, 0.15) is 54.1 Å². The maximum absolute atomic E-state index is 14.2. The summed E-state index contributed by atoms with van der Waals surface area (Å²) in [4.78, 5) is 9.12. The molecule has 196 valence electrons. The molecule has 2 atom stereocenters. The molecule has 0 aliphatic carbocycles. The molecule has 2 aromatic heterocycles. The lowest BCUT2D eigenvalue weighted by Crippen LogP contribution is -2.29. The number of thiocarbonyl (C=S) groups is 1. The van der Waals surface area contributed by atoms with Crippen molar-refractivity contribution in [3.63, 3.8) is 0 Å². The van der Waals surface area contributed by atoms with Crippen molar-refractivity contribution in [1.82, 2.24) is 14.9 Å². The van der Waals surface area contributed by atoms with E-state index in [0.29, 0.717) is 10.7 Å². The van der Waals surface area contributed by atoms with E-state index in [1.165, 1.54) is 11.8 Å². The lowest BCUT2D eigenvalue weighted by molar-refractivity contribution is 0.564. The second kappa shape index (κ2) is 10.6. The normalized spacial score (nSPS) is 17.1. The van der Waals surface area contributed by atoms with Crippen LogP contribution in [-0.4, -0.2) is 27.8 Å². The SMILES string of the molecule is CCN(CC)c1ccc(-n2c(C)cc([C@H]3[C@@H](c4ccccn4)NC(=S)N3c3ccc(F)c(C)c3)c2C)cc1. The van der Waals surface area contributed by atoms with Crippen molar-refractivity contribution in [2.45, 2.75) is 46.7 Å². The number of halogens is 1. The van der Waals surface area contributed by atoms with Crippen LogP contribution >= 0.6 is 12.2 Å². The van der Waals surface area contributed by atoms with E-state index < -0.39 is 0 Å². The smallest absolute Gasteiger partial charge is 0.174 e. The molecule has 2 aromatic carbocycles. The highest BCUT2D eigenvalue weighted by molar-refractivity contribution is 7.80. The Morgan fingerprint density at radius 3 is 2.29 bits per heavy atom. The zero-order valence-electron chi connectivity index (χ0n) is 22.6. The Morgan fingerprint density at radius 2 is 1.66 bits per heavy atom. The van der Waals surface area contributed by atoms with E-state index in [4.69, 9.17) is 12.2 Å². The summed E-state index contributed by atoms with van der Waals surface area (Å²) in [6.45, 7) is 12.4. The molecule has 7 heteroatoms. The summed E-state index contributed by atoms with van der Waals surface area (Å²) in [7, 11) is 0. The number of anilines is 2. The molecule has 1 N–H and O–H groups in total. The van der Waals surface area contributed by atoms with Crippen molar-refractivity contribution in [3.8, 4) is 5.69 Å². The number of hydrogen-bond acceptors (Lipinski definition) is 3. The number of aromatic nitrogens is 2. The third-order valence-electron chi connectivity index (χ3n) is 7.54. The maximum Gasteiger partial charge on any atom is 0.174 e. The zero-order chi connectivity index (χ0) is 27.0. The highest BCUT2D eigenvalue weighted by Gasteiger charge is 2.42. The van der Waals surface area contributed by atoms with Crippen LogP contribution in [0.5, 0.6) is 0 Å². The van der Waals surface area contributed by atoms with Crippen LogP contribution in [0.15, 0.2) is 72.9 Å². The highest BCUT2D eigenvalue weighted by Crippen LogP contribution is 2.44. The van der Waals surface area contributed by atoms with Gasteiger partial charge in [0.25, 0.3) is 0 Å². The maximum atomic E-state index is 14.2. The molecule has 3 heterocycles. The van der Waals surface area contributed by atoms with Gasteiger partial charge in [0.1, 0.15) is 5.82 Å². The van der Waals surface area contributed by atoms with Gasteiger partial charge in [-0.2, -0.15) is 0 Å². The minimum absolute atomic E-state index is 0.155. The van der Waals surface area contributed by atoms with Crippen LogP contribution in [0.2, 0.25) is 0 Å². The second-order valence-corrected chi connectivity index (χ2v) is 10.2. The number of benzene rings is 2. The standard InChI is InChI=1S/C31H34FN5S/c1-6-35(7-2)23-11-13-24(14-12-23)36-21(4)19-26(22(36)5)30-29(28-10-8-9-17-33-28)34-31(38)37(30)25-15-16-27(32)20(3)18-25/h8-19,29-30H,6-7H2,1-5H3,(H,34,38)/t29-,30+/m1/s1. The molecular weight excluding hydrogens is 493 g/mol. The van der Waals surface area contributed by atoms with Crippen LogP contribution in [0.4, 0.5) is 15.8 Å². The summed E-state index contributed by atoms with van der Waals surface area (Å²) in [6.07, 6.45) is 1.81. The van der Waals surface area contributed by atoms with Gasteiger partial charge in [-0.05, 0) is 119 Å². The summed E-state index contributed by atoms with van der Waals surface area (Å²) in [5, 5.41) is 4.12. The van der Waals surface area contributed by atoms with Crippen molar-refractivity contribution in [2.24, 2.45) is 0 Å². The first-order valence-electron chi connectivity index (χ1n) is 13.1. The fourth-order valence-electron chi connectivity index (χ4n) is 5.61. The van der Waals surface area contributed by atoms with Crippen molar-refractivity contribution in [1.29, 1.82) is 0 Å². The van der Waals surface area contributed by atoms with E-state index in [-0.39, 0.29) is 17.9 Å². The van der Waals surface area contributed by atoms with Crippen LogP contribution in [0.25, 0.3) is 5.69 Å². The minimum atomic E-state index is -0.226. The fraction of sp³-hybridized carbons (Fsp3) is 0.290. The van der Waals surface area contributed by atoms with E-state index in [0.717, 1.165) is 47.1 Å². The summed E-state index contributed by atoms with van der Waals surface area (Å²) < 4.78 is 16.5. The molecule has 0 bridgehead atoms. The third kappa shape index (κ3) is 4.56. The summed E-state index contributed by atoms with van der Waals surface area (Å²) in [5.74, 6) is -0.226. The van der Waals surface area contributed by atoms with E-state index in [1.807, 2.05) is 30.5 Å². The van der Waals surface area contributed by atoms with E-state index in [9.17, 15) is 4.39 Å². The monoisotopic (exact) mass is 527 g/mol. The Kier molecular flexibility index (Phi) is 7.21. The van der Waals surface area contributed by atoms with Gasteiger partial charge in [0.15, 0.2) is 5.11 Å². The van der Waals surface area contributed by atoms with Gasteiger partial charge in [-0.1, -0.05) is 6.07 Å². The van der Waals surface area contributed by atoms with Gasteiger partial charge < -0.3 is 19.7 Å². The Morgan fingerprint density at radius 1 is 0.947 bits per heavy atom. The molecule has 4 aromatic rings. The molecule has 1 fully saturated rings. The number of hydrogen-bond donors (Lipinski definition) is 1. The quantitative estimate of drug-likeness (QED) is 0.263. The topological polar surface area (TPSA) is 36.3 Å². The van der Waals surface area contributed by atoms with Crippen LogP contribution in [-0.2, 0) is 0 Å². The molecule has 1 aliphatic heterocycles. The van der Waals surface area contributed by atoms with E-state index in [1.54, 1.807) is 13.0 Å². The average molecular weight is 528 g/mol. The van der Waals surface area contributed by atoms with Crippen LogP contribution in [0, 0.1) is 26.6 Å². The van der Waals surface area contributed by atoms with Crippen LogP contribution < -0.4 is 15.1 Å². The lowest BCUT2D eigenvalue weighted by atomic mass is 9.96. The lowest BCUT2D eigenvalue weighted by Gasteiger charge is -2.28. The molecule has 0 radical (unpaired) electrons. The molecule has 1 saturated heterocycles. The van der Waals surface area contributed by atoms with Gasteiger partial charge in [0.05, 0.1) is 17.8 Å². The number of nitrogens with one attached hydrogen (secondary N) is 1. The Hall–Kier alpha value is -3.71. The predicted molar refractivity (Wildman–Crippen MR) is 158 cm³/mol. The van der Waals surface area contributed by atoms with Gasteiger partial charge in [-0.15, -0.1) is 0 Å². The summed E-state index contributed by atoms with van der Waals surface area (Å²) in [5.41, 5.74) is 8.13. The number of nitrogens with zero attached hydrogens (tertiary/aromatic N) is 4. The first-order chi connectivity index (χ1) is 18.3. The molecule has 5 rings (SSSR count). The van der Waals surface area contributed by atoms with Crippen molar-refractivity contribution >= 4 is 28.7 Å². The van der Waals surface area contributed by atoms with Crippen LogP contribution in [0.3, 0.4) is 0 Å². The average Bonchev–Trinajstić information content (AvgIpc) is 3.42. The molecule has 0 unspecified atom stereocenters. The third-order valence-corrected chi connectivity index (χ3v) is 7.86. The minimum Gasteiger partial charge on any atom is -0.372 e. The Labute approximate surface area is 229 Å². The van der Waals surface area contributed by atoms with Crippen molar-refractivity contribution in [3.05, 3.63) is 107 Å². The van der Waals surface area contributed by atoms with Crippen molar-refractivity contribution < 1.29 is 4.39 Å². The van der Waals surface area contributed by atoms with E-state index in [2.05, 4.69) is 82.7 Å². The summed E-state index contributed by atoms with van der Waals surface area (Å²) >= 11 is 5.87. The summed E-state index contributed by atoms with van der Waals surface area (Å²) in [6, 6.07) is 21.8. The molecule has 0 saturated carbocycles. The van der Waals surface area contributed by atoms with Gasteiger partial charge in [0, 0.05) is 47.7 Å². The second-order valence-electron chi connectivity index (χ2n) is 9.78. The molecule has 38 heavy (non-hydrogen) atoms. The number of rotatable bonds is 7. The van der Waals surface area contributed by atoms with Gasteiger partial charge in [-0.25, -0.2) is 4.39 Å².